The Morgan fingerprint density at radius 1 is 1.38 bits per heavy atom. The SMILES string of the molecule is CCOc1ccccc1CSc1nncs1. The Kier molecular flexibility index (Phi) is 4.18. The molecule has 0 atom stereocenters. The van der Waals surface area contributed by atoms with Gasteiger partial charge in [0.25, 0.3) is 0 Å². The molecule has 3 nitrogen and oxygen atoms in total. The van der Waals surface area contributed by atoms with Crippen LogP contribution < -0.4 is 4.74 Å². The Morgan fingerprint density at radius 2 is 2.25 bits per heavy atom. The van der Waals surface area contributed by atoms with Crippen molar-refractivity contribution in [3.63, 3.8) is 0 Å². The maximum absolute atomic E-state index is 5.56. The highest BCUT2D eigenvalue weighted by Gasteiger charge is 2.04. The van der Waals surface area contributed by atoms with Crippen LogP contribution in [0.15, 0.2) is 34.1 Å². The number of benzene rings is 1. The first-order valence-electron chi connectivity index (χ1n) is 5.00. The molecule has 0 spiro atoms. The van der Waals surface area contributed by atoms with Crippen LogP contribution in [0.2, 0.25) is 0 Å². The smallest absolute Gasteiger partial charge is 0.174 e. The van der Waals surface area contributed by atoms with E-state index in [0.29, 0.717) is 6.61 Å². The third-order valence-electron chi connectivity index (χ3n) is 1.96. The lowest BCUT2D eigenvalue weighted by Gasteiger charge is -2.08. The van der Waals surface area contributed by atoms with Crippen LogP contribution in [0.3, 0.4) is 0 Å². The van der Waals surface area contributed by atoms with Crippen LogP contribution in [0, 0.1) is 0 Å². The van der Waals surface area contributed by atoms with Crippen molar-refractivity contribution < 1.29 is 4.74 Å². The van der Waals surface area contributed by atoms with Crippen molar-refractivity contribution in [1.82, 2.24) is 10.2 Å². The maximum atomic E-state index is 5.56. The Hall–Kier alpha value is -1.07. The molecule has 2 rings (SSSR count). The largest absolute Gasteiger partial charge is 0.494 e. The van der Waals surface area contributed by atoms with Gasteiger partial charge in [-0.15, -0.1) is 10.2 Å². The summed E-state index contributed by atoms with van der Waals surface area (Å²) in [7, 11) is 0. The number of para-hydroxylation sites is 1. The standard InChI is InChI=1S/C11H12N2OS2/c1-2-14-10-6-4-3-5-9(10)7-15-11-13-12-8-16-11/h3-6,8H,2,7H2,1H3. The highest BCUT2D eigenvalue weighted by atomic mass is 32.2. The summed E-state index contributed by atoms with van der Waals surface area (Å²) in [5, 5.41) is 7.81. The summed E-state index contributed by atoms with van der Waals surface area (Å²) < 4.78 is 6.55. The van der Waals surface area contributed by atoms with Gasteiger partial charge in [-0.25, -0.2) is 0 Å². The average molecular weight is 252 g/mol. The molecule has 0 amide bonds. The van der Waals surface area contributed by atoms with Gasteiger partial charge in [0.1, 0.15) is 11.3 Å². The second kappa shape index (κ2) is 5.86. The van der Waals surface area contributed by atoms with Crippen molar-refractivity contribution >= 4 is 23.1 Å². The molecule has 0 radical (unpaired) electrons. The van der Waals surface area contributed by atoms with E-state index in [4.69, 9.17) is 4.74 Å². The molecule has 0 aliphatic rings. The minimum absolute atomic E-state index is 0.695. The number of hydrogen-bond acceptors (Lipinski definition) is 5. The molecule has 84 valence electrons. The molecule has 0 bridgehead atoms. The van der Waals surface area contributed by atoms with Crippen LogP contribution >= 0.6 is 23.1 Å². The van der Waals surface area contributed by atoms with Crippen LogP contribution in [0.1, 0.15) is 12.5 Å². The fourth-order valence-corrected chi connectivity index (χ4v) is 2.76. The van der Waals surface area contributed by atoms with Crippen molar-refractivity contribution in [2.45, 2.75) is 17.0 Å². The molecule has 5 heteroatoms. The number of hydrogen-bond donors (Lipinski definition) is 0. The predicted molar refractivity (Wildman–Crippen MR) is 67.1 cm³/mol. The van der Waals surface area contributed by atoms with E-state index in [2.05, 4.69) is 16.3 Å². The van der Waals surface area contributed by atoms with Crippen molar-refractivity contribution in [3.05, 3.63) is 35.3 Å². The third-order valence-corrected chi connectivity index (χ3v) is 3.87. The van der Waals surface area contributed by atoms with Crippen LogP contribution in [0.25, 0.3) is 0 Å². The summed E-state index contributed by atoms with van der Waals surface area (Å²) in [4.78, 5) is 0. The minimum atomic E-state index is 0.695. The molecule has 1 heterocycles. The fraction of sp³-hybridized carbons (Fsp3) is 0.273. The van der Waals surface area contributed by atoms with E-state index in [1.54, 1.807) is 28.6 Å². The number of nitrogens with zero attached hydrogens (tertiary/aromatic N) is 2. The van der Waals surface area contributed by atoms with Crippen LogP contribution in [-0.2, 0) is 5.75 Å². The van der Waals surface area contributed by atoms with Gasteiger partial charge >= 0.3 is 0 Å². The Bertz CT molecular complexity index is 431. The lowest BCUT2D eigenvalue weighted by molar-refractivity contribution is 0.337. The molecule has 0 unspecified atom stereocenters. The first kappa shape index (κ1) is 11.4. The van der Waals surface area contributed by atoms with Crippen molar-refractivity contribution in [3.8, 4) is 5.75 Å². The maximum Gasteiger partial charge on any atom is 0.174 e. The van der Waals surface area contributed by atoms with Gasteiger partial charge in [-0.1, -0.05) is 41.3 Å². The zero-order chi connectivity index (χ0) is 11.2. The molecule has 1 aromatic carbocycles. The quantitative estimate of drug-likeness (QED) is 0.765. The van der Waals surface area contributed by atoms with Gasteiger partial charge in [0, 0.05) is 11.3 Å². The van der Waals surface area contributed by atoms with Gasteiger partial charge in [0.05, 0.1) is 6.61 Å². The molecular formula is C11H12N2OS2. The fourth-order valence-electron chi connectivity index (χ4n) is 1.28. The van der Waals surface area contributed by atoms with E-state index in [-0.39, 0.29) is 0 Å². The number of ether oxygens (including phenoxy) is 1. The zero-order valence-electron chi connectivity index (χ0n) is 8.92. The second-order valence-corrected chi connectivity index (χ2v) is 5.09. The molecular weight excluding hydrogens is 240 g/mol. The van der Waals surface area contributed by atoms with Crippen LogP contribution in [0.5, 0.6) is 5.75 Å². The lowest BCUT2D eigenvalue weighted by atomic mass is 10.2. The Balaban J connectivity index is 2.03. The molecule has 0 aliphatic carbocycles. The molecule has 2 aromatic rings. The summed E-state index contributed by atoms with van der Waals surface area (Å²) >= 11 is 3.25. The van der Waals surface area contributed by atoms with Gasteiger partial charge in [0.15, 0.2) is 4.34 Å². The van der Waals surface area contributed by atoms with E-state index in [9.17, 15) is 0 Å². The zero-order valence-corrected chi connectivity index (χ0v) is 10.6. The summed E-state index contributed by atoms with van der Waals surface area (Å²) in [6, 6.07) is 8.10. The molecule has 1 aromatic heterocycles. The summed E-state index contributed by atoms with van der Waals surface area (Å²) in [6.45, 7) is 2.69. The van der Waals surface area contributed by atoms with Crippen LogP contribution in [-0.4, -0.2) is 16.8 Å². The van der Waals surface area contributed by atoms with Gasteiger partial charge in [0.2, 0.25) is 0 Å². The Labute approximate surface area is 103 Å². The molecule has 16 heavy (non-hydrogen) atoms. The normalized spacial score (nSPS) is 10.3. The number of aromatic nitrogens is 2. The lowest BCUT2D eigenvalue weighted by Crippen LogP contribution is -1.95. The van der Waals surface area contributed by atoms with E-state index < -0.39 is 0 Å². The summed E-state index contributed by atoms with van der Waals surface area (Å²) in [6.07, 6.45) is 0. The topological polar surface area (TPSA) is 35.0 Å². The van der Waals surface area contributed by atoms with E-state index >= 15 is 0 Å². The highest BCUT2D eigenvalue weighted by Crippen LogP contribution is 2.28. The molecule has 0 N–H and O–H groups in total. The third kappa shape index (κ3) is 2.96. The second-order valence-electron chi connectivity index (χ2n) is 3.03. The van der Waals surface area contributed by atoms with Gasteiger partial charge in [-0.3, -0.25) is 0 Å². The van der Waals surface area contributed by atoms with Crippen molar-refractivity contribution in [2.24, 2.45) is 0 Å². The first-order valence-corrected chi connectivity index (χ1v) is 6.86. The summed E-state index contributed by atoms with van der Waals surface area (Å²) in [5.41, 5.74) is 2.95. The number of rotatable bonds is 5. The van der Waals surface area contributed by atoms with E-state index in [0.717, 1.165) is 15.8 Å². The van der Waals surface area contributed by atoms with E-state index in [1.165, 1.54) is 5.56 Å². The van der Waals surface area contributed by atoms with Gasteiger partial charge in [-0.2, -0.15) is 0 Å². The first-order chi connectivity index (χ1) is 7.90. The molecule has 0 saturated carbocycles. The van der Waals surface area contributed by atoms with Crippen molar-refractivity contribution in [2.75, 3.05) is 6.61 Å². The molecule has 0 fully saturated rings. The monoisotopic (exact) mass is 252 g/mol. The minimum Gasteiger partial charge on any atom is -0.494 e. The van der Waals surface area contributed by atoms with Gasteiger partial charge in [-0.05, 0) is 13.0 Å². The molecule has 0 aliphatic heterocycles. The number of thioether (sulfide) groups is 1. The Morgan fingerprint density at radius 3 is 3.00 bits per heavy atom. The highest BCUT2D eigenvalue weighted by molar-refractivity contribution is 8.00. The van der Waals surface area contributed by atoms with E-state index in [1.807, 2.05) is 25.1 Å². The van der Waals surface area contributed by atoms with Crippen molar-refractivity contribution in [1.29, 1.82) is 0 Å². The van der Waals surface area contributed by atoms with Gasteiger partial charge < -0.3 is 4.74 Å². The molecule has 0 saturated heterocycles. The average Bonchev–Trinajstić information content (AvgIpc) is 2.81. The predicted octanol–water partition coefficient (Wildman–Crippen LogP) is 3.23. The van der Waals surface area contributed by atoms with Crippen LogP contribution in [0.4, 0.5) is 0 Å². The summed E-state index contributed by atoms with van der Waals surface area (Å²) in [5.74, 6) is 1.83.